The van der Waals surface area contributed by atoms with Gasteiger partial charge < -0.3 is 15.8 Å². The number of hydrogen-bond donors (Lipinski definition) is 2. The molecule has 2 heterocycles. The van der Waals surface area contributed by atoms with Gasteiger partial charge in [0.1, 0.15) is 16.9 Å². The van der Waals surface area contributed by atoms with E-state index in [9.17, 15) is 4.79 Å². The molecule has 0 saturated heterocycles. The summed E-state index contributed by atoms with van der Waals surface area (Å²) in [6, 6.07) is 15.4. The highest BCUT2D eigenvalue weighted by molar-refractivity contribution is 6.10. The minimum absolute atomic E-state index is 0.193. The summed E-state index contributed by atoms with van der Waals surface area (Å²) in [7, 11) is 1.63. The van der Waals surface area contributed by atoms with Crippen molar-refractivity contribution in [2.45, 2.75) is 13.3 Å². The van der Waals surface area contributed by atoms with Crippen molar-refractivity contribution in [2.24, 2.45) is 5.10 Å². The van der Waals surface area contributed by atoms with E-state index in [-0.39, 0.29) is 17.3 Å². The number of methoxy groups -OCH3 is 1. The lowest BCUT2D eigenvalue weighted by Gasteiger charge is -2.05. The van der Waals surface area contributed by atoms with Gasteiger partial charge in [0.25, 0.3) is 5.91 Å². The van der Waals surface area contributed by atoms with E-state index in [1.54, 1.807) is 13.3 Å². The number of nitrogens with zero attached hydrogens (tertiary/aromatic N) is 4. The zero-order valence-corrected chi connectivity index (χ0v) is 17.5. The predicted molar refractivity (Wildman–Crippen MR) is 122 cm³/mol. The fourth-order valence-corrected chi connectivity index (χ4v) is 3.37. The molecule has 2 aromatic heterocycles. The number of carbonyl (C=O) groups excluding carboxylic acids is 1. The van der Waals surface area contributed by atoms with Gasteiger partial charge in [0.15, 0.2) is 5.65 Å². The Labute approximate surface area is 179 Å². The Bertz CT molecular complexity index is 1280. The summed E-state index contributed by atoms with van der Waals surface area (Å²) in [6.07, 6.45) is 2.39. The number of rotatable bonds is 7. The van der Waals surface area contributed by atoms with Crippen molar-refractivity contribution in [1.29, 1.82) is 0 Å². The van der Waals surface area contributed by atoms with Crippen LogP contribution < -0.4 is 11.1 Å². The van der Waals surface area contributed by atoms with E-state index in [1.807, 2.05) is 55.5 Å². The summed E-state index contributed by atoms with van der Waals surface area (Å²) in [6.45, 7) is 3.04. The first-order valence-corrected chi connectivity index (χ1v) is 10.0. The molecule has 4 aromatic rings. The predicted octanol–water partition coefficient (Wildman–Crippen LogP) is 3.12. The maximum atomic E-state index is 12.9. The van der Waals surface area contributed by atoms with E-state index < -0.39 is 0 Å². The second-order valence-electron chi connectivity index (χ2n) is 7.22. The van der Waals surface area contributed by atoms with Gasteiger partial charge in [-0.25, -0.2) is 9.97 Å². The number of nitrogens with one attached hydrogen (secondary N) is 1. The number of carbonyl (C=O) groups is 1. The molecule has 0 fully saturated rings. The molecular formula is C23H24N6O2. The zero-order chi connectivity index (χ0) is 21.8. The Hall–Kier alpha value is -3.78. The SMILES string of the molecule is COCCCNC(=O)c1c(N)n(/N=C\c2cccc(C)c2)c2nc3ccccc3nc12. The molecule has 0 aliphatic carbocycles. The van der Waals surface area contributed by atoms with Crippen molar-refractivity contribution < 1.29 is 9.53 Å². The largest absolute Gasteiger partial charge is 0.385 e. The Morgan fingerprint density at radius 3 is 2.71 bits per heavy atom. The number of para-hydroxylation sites is 2. The molecule has 8 nitrogen and oxygen atoms in total. The number of aromatic nitrogens is 3. The normalized spacial score (nSPS) is 11.5. The average molecular weight is 416 g/mol. The summed E-state index contributed by atoms with van der Waals surface area (Å²) in [5.74, 6) is -0.119. The van der Waals surface area contributed by atoms with Gasteiger partial charge in [-0.3, -0.25) is 4.79 Å². The molecule has 0 bridgehead atoms. The van der Waals surface area contributed by atoms with Crippen LogP contribution in [0.3, 0.4) is 0 Å². The third-order valence-corrected chi connectivity index (χ3v) is 4.88. The summed E-state index contributed by atoms with van der Waals surface area (Å²) < 4.78 is 6.51. The van der Waals surface area contributed by atoms with Gasteiger partial charge in [-0.05, 0) is 31.0 Å². The zero-order valence-electron chi connectivity index (χ0n) is 17.5. The molecule has 2 aromatic carbocycles. The van der Waals surface area contributed by atoms with E-state index in [1.165, 1.54) is 4.68 Å². The van der Waals surface area contributed by atoms with Crippen LogP contribution in [-0.2, 0) is 4.74 Å². The molecule has 8 heteroatoms. The molecule has 0 atom stereocenters. The monoisotopic (exact) mass is 416 g/mol. The van der Waals surface area contributed by atoms with Gasteiger partial charge >= 0.3 is 0 Å². The maximum Gasteiger partial charge on any atom is 0.257 e. The number of nitrogen functional groups attached to an aromatic ring is 1. The van der Waals surface area contributed by atoms with Crippen LogP contribution >= 0.6 is 0 Å². The molecule has 1 amide bonds. The van der Waals surface area contributed by atoms with Crippen LogP contribution in [0.4, 0.5) is 5.82 Å². The second-order valence-corrected chi connectivity index (χ2v) is 7.22. The first-order chi connectivity index (χ1) is 15.1. The number of hydrogen-bond acceptors (Lipinski definition) is 6. The van der Waals surface area contributed by atoms with E-state index in [2.05, 4.69) is 20.4 Å². The van der Waals surface area contributed by atoms with Crippen molar-refractivity contribution in [2.75, 3.05) is 26.0 Å². The molecule has 0 aliphatic rings. The number of nitrogens with two attached hydrogens (primary N) is 1. The number of fused-ring (bicyclic) bond motifs is 2. The lowest BCUT2D eigenvalue weighted by Crippen LogP contribution is -2.26. The van der Waals surface area contributed by atoms with Crippen molar-refractivity contribution in [1.82, 2.24) is 20.0 Å². The van der Waals surface area contributed by atoms with E-state index in [4.69, 9.17) is 10.5 Å². The number of ether oxygens (including phenoxy) is 1. The van der Waals surface area contributed by atoms with Crippen molar-refractivity contribution >= 4 is 40.1 Å². The van der Waals surface area contributed by atoms with E-state index in [0.717, 1.165) is 11.1 Å². The molecule has 3 N–H and O–H groups in total. The first-order valence-electron chi connectivity index (χ1n) is 10.0. The topological polar surface area (TPSA) is 107 Å². The van der Waals surface area contributed by atoms with Gasteiger partial charge in [-0.1, -0.05) is 42.0 Å². The lowest BCUT2D eigenvalue weighted by molar-refractivity contribution is 0.0951. The Kier molecular flexibility index (Phi) is 5.90. The van der Waals surface area contributed by atoms with Crippen LogP contribution in [0.15, 0.2) is 53.6 Å². The smallest absolute Gasteiger partial charge is 0.257 e. The van der Waals surface area contributed by atoms with Crippen LogP contribution in [-0.4, -0.2) is 47.0 Å². The molecule has 0 spiro atoms. The fourth-order valence-electron chi connectivity index (χ4n) is 3.37. The fraction of sp³-hybridized carbons (Fsp3) is 0.217. The van der Waals surface area contributed by atoms with Crippen molar-refractivity contribution in [3.8, 4) is 0 Å². The summed E-state index contributed by atoms with van der Waals surface area (Å²) in [4.78, 5) is 22.3. The van der Waals surface area contributed by atoms with Crippen LogP contribution in [0, 0.1) is 6.92 Å². The highest BCUT2D eigenvalue weighted by Crippen LogP contribution is 2.27. The Morgan fingerprint density at radius 1 is 1.19 bits per heavy atom. The molecule has 0 unspecified atom stereocenters. The number of amides is 1. The minimum atomic E-state index is -0.312. The quantitative estimate of drug-likeness (QED) is 0.356. The molecule has 158 valence electrons. The summed E-state index contributed by atoms with van der Waals surface area (Å²) >= 11 is 0. The van der Waals surface area contributed by atoms with Crippen LogP contribution in [0.5, 0.6) is 0 Å². The molecular weight excluding hydrogens is 392 g/mol. The summed E-state index contributed by atoms with van der Waals surface area (Å²) in [5, 5.41) is 7.41. The summed E-state index contributed by atoms with van der Waals surface area (Å²) in [5.41, 5.74) is 10.9. The highest BCUT2D eigenvalue weighted by atomic mass is 16.5. The number of anilines is 1. The molecule has 0 saturated carbocycles. The van der Waals surface area contributed by atoms with Crippen LogP contribution in [0.2, 0.25) is 0 Å². The Balaban J connectivity index is 1.81. The third kappa shape index (κ3) is 4.24. The first kappa shape index (κ1) is 20.5. The molecule has 4 rings (SSSR count). The van der Waals surface area contributed by atoms with Gasteiger partial charge in [0.2, 0.25) is 0 Å². The maximum absolute atomic E-state index is 12.9. The third-order valence-electron chi connectivity index (χ3n) is 4.88. The Morgan fingerprint density at radius 2 is 1.97 bits per heavy atom. The standard InChI is InChI=1S/C23H24N6O2/c1-15-7-5-8-16(13-15)14-26-29-21(24)19(23(30)25-11-6-12-31-2)20-22(29)28-18-10-4-3-9-17(18)27-20/h3-5,7-10,13-14H,6,11-12,24H2,1-2H3,(H,25,30)/b26-14-. The van der Waals surface area contributed by atoms with Gasteiger partial charge in [-0.2, -0.15) is 9.78 Å². The minimum Gasteiger partial charge on any atom is -0.385 e. The van der Waals surface area contributed by atoms with E-state index in [0.29, 0.717) is 41.8 Å². The van der Waals surface area contributed by atoms with Crippen LogP contribution in [0.1, 0.15) is 27.9 Å². The van der Waals surface area contributed by atoms with Gasteiger partial charge in [-0.15, -0.1) is 0 Å². The number of benzene rings is 2. The molecule has 31 heavy (non-hydrogen) atoms. The van der Waals surface area contributed by atoms with E-state index >= 15 is 0 Å². The highest BCUT2D eigenvalue weighted by Gasteiger charge is 2.23. The van der Waals surface area contributed by atoms with Gasteiger partial charge in [0, 0.05) is 20.3 Å². The lowest BCUT2D eigenvalue weighted by atomic mass is 10.2. The molecule has 0 aliphatic heterocycles. The number of aryl methyl sites for hydroxylation is 1. The van der Waals surface area contributed by atoms with Crippen molar-refractivity contribution in [3.05, 3.63) is 65.2 Å². The van der Waals surface area contributed by atoms with Crippen LogP contribution in [0.25, 0.3) is 22.2 Å². The molecule has 0 radical (unpaired) electrons. The second kappa shape index (κ2) is 8.93. The average Bonchev–Trinajstić information content (AvgIpc) is 3.04. The van der Waals surface area contributed by atoms with Crippen molar-refractivity contribution in [3.63, 3.8) is 0 Å². The van der Waals surface area contributed by atoms with Gasteiger partial charge in [0.05, 0.1) is 17.2 Å².